The topological polar surface area (TPSA) is 64.7 Å². The molecule has 0 radical (unpaired) electrons. The number of nitrogens with one attached hydrogen (secondary N) is 1. The van der Waals surface area contributed by atoms with E-state index in [1.54, 1.807) is 29.1 Å². The number of nitrogens with zero attached hydrogens (tertiary/aromatic N) is 4. The lowest BCUT2D eigenvalue weighted by Crippen LogP contribution is -2.16. The summed E-state index contributed by atoms with van der Waals surface area (Å²) in [4.78, 5) is 12.1. The number of hydrogen-bond donors (Lipinski definition) is 1. The molecule has 1 amide bonds. The monoisotopic (exact) mass is 445 g/mol. The SMILES string of the molecule is Cc1cc(C(F)(F)F)nn1CCC(=O)Nc1cnn(Cc2c(Cl)cccc2Cl)c1. The third-order valence-electron chi connectivity index (χ3n) is 4.12. The second-order valence-corrected chi connectivity index (χ2v) is 7.13. The molecule has 0 atom stereocenters. The van der Waals surface area contributed by atoms with Gasteiger partial charge in [0.15, 0.2) is 5.69 Å². The van der Waals surface area contributed by atoms with Gasteiger partial charge in [0.1, 0.15) is 0 Å². The summed E-state index contributed by atoms with van der Waals surface area (Å²) in [5.74, 6) is -0.371. The van der Waals surface area contributed by atoms with Crippen molar-refractivity contribution < 1.29 is 18.0 Å². The lowest BCUT2D eigenvalue weighted by molar-refractivity contribution is -0.141. The van der Waals surface area contributed by atoms with E-state index in [1.807, 2.05) is 0 Å². The average Bonchev–Trinajstić information content (AvgIpc) is 3.22. The van der Waals surface area contributed by atoms with Crippen LogP contribution in [0.25, 0.3) is 0 Å². The van der Waals surface area contributed by atoms with Crippen LogP contribution in [0.4, 0.5) is 18.9 Å². The zero-order valence-corrected chi connectivity index (χ0v) is 16.7. The van der Waals surface area contributed by atoms with E-state index in [1.165, 1.54) is 13.1 Å². The maximum absolute atomic E-state index is 12.7. The van der Waals surface area contributed by atoms with Crippen LogP contribution in [0.2, 0.25) is 10.0 Å². The van der Waals surface area contributed by atoms with E-state index < -0.39 is 11.9 Å². The minimum Gasteiger partial charge on any atom is -0.323 e. The molecule has 2 heterocycles. The van der Waals surface area contributed by atoms with Crippen molar-refractivity contribution in [2.24, 2.45) is 0 Å². The van der Waals surface area contributed by atoms with Crippen LogP contribution in [0.15, 0.2) is 36.7 Å². The maximum Gasteiger partial charge on any atom is 0.435 e. The van der Waals surface area contributed by atoms with Gasteiger partial charge < -0.3 is 5.32 Å². The first kappa shape index (κ1) is 21.2. The van der Waals surface area contributed by atoms with Crippen molar-refractivity contribution >= 4 is 34.8 Å². The lowest BCUT2D eigenvalue weighted by atomic mass is 10.2. The summed E-state index contributed by atoms with van der Waals surface area (Å²) in [6, 6.07) is 6.12. The van der Waals surface area contributed by atoms with Crippen molar-refractivity contribution in [2.45, 2.75) is 32.6 Å². The van der Waals surface area contributed by atoms with E-state index in [0.717, 1.165) is 10.7 Å². The average molecular weight is 446 g/mol. The number of aromatic nitrogens is 4. The fourth-order valence-electron chi connectivity index (χ4n) is 2.67. The molecule has 0 saturated heterocycles. The van der Waals surface area contributed by atoms with Crippen molar-refractivity contribution in [3.63, 3.8) is 0 Å². The van der Waals surface area contributed by atoms with E-state index in [4.69, 9.17) is 23.2 Å². The Kier molecular flexibility index (Phi) is 6.18. The fourth-order valence-corrected chi connectivity index (χ4v) is 3.18. The Morgan fingerprint density at radius 3 is 2.55 bits per heavy atom. The lowest BCUT2D eigenvalue weighted by Gasteiger charge is -2.07. The smallest absolute Gasteiger partial charge is 0.323 e. The molecule has 154 valence electrons. The number of hydrogen-bond acceptors (Lipinski definition) is 3. The van der Waals surface area contributed by atoms with Gasteiger partial charge in [-0.05, 0) is 25.1 Å². The second-order valence-electron chi connectivity index (χ2n) is 6.32. The third-order valence-corrected chi connectivity index (χ3v) is 4.83. The molecule has 29 heavy (non-hydrogen) atoms. The molecule has 3 aromatic rings. The van der Waals surface area contributed by atoms with Crippen molar-refractivity contribution in [1.82, 2.24) is 19.6 Å². The quantitative estimate of drug-likeness (QED) is 0.592. The predicted octanol–water partition coefficient (Wildman–Crippen LogP) is 4.79. The number of halogens is 5. The zero-order chi connectivity index (χ0) is 21.2. The van der Waals surface area contributed by atoms with Gasteiger partial charge in [0.2, 0.25) is 5.91 Å². The first-order valence-electron chi connectivity index (χ1n) is 8.50. The Bertz CT molecular complexity index is 1010. The number of carbonyl (C=O) groups is 1. The highest BCUT2D eigenvalue weighted by Crippen LogP contribution is 2.28. The van der Waals surface area contributed by atoms with Gasteiger partial charge in [-0.3, -0.25) is 14.2 Å². The minimum absolute atomic E-state index is 0.0249. The molecule has 0 aliphatic carbocycles. The number of aryl methyl sites for hydroxylation is 2. The Morgan fingerprint density at radius 2 is 1.93 bits per heavy atom. The molecular formula is C18H16Cl2F3N5O. The van der Waals surface area contributed by atoms with Crippen LogP contribution in [0.3, 0.4) is 0 Å². The van der Waals surface area contributed by atoms with Gasteiger partial charge in [0.05, 0.1) is 18.4 Å². The molecule has 3 rings (SSSR count). The third kappa shape index (κ3) is 5.30. The Hall–Kier alpha value is -2.52. The molecule has 0 spiro atoms. The van der Waals surface area contributed by atoms with Gasteiger partial charge in [-0.1, -0.05) is 29.3 Å². The number of carbonyl (C=O) groups excluding carboxylic acids is 1. The standard InChI is InChI=1S/C18H16Cl2F3N5O/c1-11-7-16(18(21,22)23)26-28(11)6-5-17(29)25-12-8-24-27(9-12)10-13-14(19)3-2-4-15(13)20/h2-4,7-9H,5-6,10H2,1H3,(H,25,29). The number of amides is 1. The van der Waals surface area contributed by atoms with Gasteiger partial charge in [-0.15, -0.1) is 0 Å². The number of benzene rings is 1. The molecule has 0 aliphatic heterocycles. The van der Waals surface area contributed by atoms with E-state index in [2.05, 4.69) is 15.5 Å². The molecule has 1 aromatic carbocycles. The first-order chi connectivity index (χ1) is 13.6. The molecule has 0 fully saturated rings. The van der Waals surface area contributed by atoms with E-state index in [0.29, 0.717) is 33.5 Å². The van der Waals surface area contributed by atoms with Gasteiger partial charge in [0.25, 0.3) is 0 Å². The second kappa shape index (κ2) is 8.46. The highest BCUT2D eigenvalue weighted by Gasteiger charge is 2.34. The Balaban J connectivity index is 1.58. The molecule has 6 nitrogen and oxygen atoms in total. The summed E-state index contributed by atoms with van der Waals surface area (Å²) < 4.78 is 40.8. The number of anilines is 1. The Morgan fingerprint density at radius 1 is 1.24 bits per heavy atom. The molecule has 2 aromatic heterocycles. The zero-order valence-electron chi connectivity index (χ0n) is 15.2. The van der Waals surface area contributed by atoms with Crippen molar-refractivity contribution in [2.75, 3.05) is 5.32 Å². The molecule has 0 bridgehead atoms. The summed E-state index contributed by atoms with van der Waals surface area (Å²) in [6.45, 7) is 1.85. The normalized spacial score (nSPS) is 11.7. The summed E-state index contributed by atoms with van der Waals surface area (Å²) in [6.07, 6.45) is -1.49. The van der Waals surface area contributed by atoms with Crippen LogP contribution in [0.1, 0.15) is 23.4 Å². The van der Waals surface area contributed by atoms with Crippen LogP contribution in [0, 0.1) is 6.92 Å². The number of rotatable bonds is 6. The largest absolute Gasteiger partial charge is 0.435 e. The highest BCUT2D eigenvalue weighted by atomic mass is 35.5. The fraction of sp³-hybridized carbons (Fsp3) is 0.278. The first-order valence-corrected chi connectivity index (χ1v) is 9.26. The van der Waals surface area contributed by atoms with Gasteiger partial charge in [-0.2, -0.15) is 23.4 Å². The van der Waals surface area contributed by atoms with Gasteiger partial charge in [0, 0.05) is 40.5 Å². The van der Waals surface area contributed by atoms with Crippen LogP contribution < -0.4 is 5.32 Å². The molecule has 0 unspecified atom stereocenters. The highest BCUT2D eigenvalue weighted by molar-refractivity contribution is 6.35. The van der Waals surface area contributed by atoms with Crippen LogP contribution in [0.5, 0.6) is 0 Å². The van der Waals surface area contributed by atoms with E-state index in [-0.39, 0.29) is 18.9 Å². The van der Waals surface area contributed by atoms with Gasteiger partial charge in [-0.25, -0.2) is 0 Å². The molecule has 0 saturated carbocycles. The molecule has 11 heteroatoms. The van der Waals surface area contributed by atoms with Crippen molar-refractivity contribution in [3.05, 3.63) is 63.7 Å². The predicted molar refractivity (Wildman–Crippen MR) is 103 cm³/mol. The van der Waals surface area contributed by atoms with E-state index in [9.17, 15) is 18.0 Å². The summed E-state index contributed by atoms with van der Waals surface area (Å²) in [7, 11) is 0. The summed E-state index contributed by atoms with van der Waals surface area (Å²) >= 11 is 12.3. The minimum atomic E-state index is -4.52. The van der Waals surface area contributed by atoms with Gasteiger partial charge >= 0.3 is 6.18 Å². The van der Waals surface area contributed by atoms with Crippen molar-refractivity contribution in [3.8, 4) is 0 Å². The van der Waals surface area contributed by atoms with Crippen LogP contribution in [-0.2, 0) is 24.1 Å². The summed E-state index contributed by atoms with van der Waals surface area (Å²) in [5, 5.41) is 11.3. The molecule has 0 aliphatic rings. The Labute approximate surface area is 174 Å². The van der Waals surface area contributed by atoms with Crippen LogP contribution >= 0.6 is 23.2 Å². The van der Waals surface area contributed by atoms with E-state index >= 15 is 0 Å². The van der Waals surface area contributed by atoms with Crippen LogP contribution in [-0.4, -0.2) is 25.5 Å². The molecule has 1 N–H and O–H groups in total. The summed E-state index contributed by atoms with van der Waals surface area (Å²) in [5.41, 5.74) is 0.502. The number of alkyl halides is 3. The molecular weight excluding hydrogens is 430 g/mol. The van der Waals surface area contributed by atoms with Crippen molar-refractivity contribution in [1.29, 1.82) is 0 Å². The maximum atomic E-state index is 12.7.